The van der Waals surface area contributed by atoms with Crippen LogP contribution in [0.4, 0.5) is 0 Å². The summed E-state index contributed by atoms with van der Waals surface area (Å²) < 4.78 is 22.2. The number of unbranched alkanes of at least 4 members (excludes halogenated alkanes) is 2. The highest BCUT2D eigenvalue weighted by atomic mass is 16.6. The highest BCUT2D eigenvalue weighted by molar-refractivity contribution is 5.97. The quantitative estimate of drug-likeness (QED) is 0.208. The van der Waals surface area contributed by atoms with E-state index >= 15 is 0 Å². The molecule has 0 heterocycles. The molecule has 8 nitrogen and oxygen atoms in total. The van der Waals surface area contributed by atoms with Crippen LogP contribution in [0.5, 0.6) is 17.2 Å². The Morgan fingerprint density at radius 2 is 1.46 bits per heavy atom. The summed E-state index contributed by atoms with van der Waals surface area (Å²) in [5.74, 6) is 1.01. The average molecular weight is 511 g/mol. The van der Waals surface area contributed by atoms with Crippen LogP contribution in [0.1, 0.15) is 68.8 Å². The number of ether oxygens (including phenoxy) is 4. The van der Waals surface area contributed by atoms with Gasteiger partial charge in [-0.05, 0) is 75.4 Å². The van der Waals surface area contributed by atoms with Gasteiger partial charge >= 0.3 is 5.97 Å². The van der Waals surface area contributed by atoms with E-state index in [-0.39, 0.29) is 19.1 Å². The molecule has 0 aromatic heterocycles. The van der Waals surface area contributed by atoms with Gasteiger partial charge in [0.25, 0.3) is 5.91 Å². The fraction of sp³-hybridized carbons (Fsp3) is 0.483. The fourth-order valence-corrected chi connectivity index (χ4v) is 3.64. The molecule has 2 aromatic rings. The largest absolute Gasteiger partial charge is 0.494 e. The van der Waals surface area contributed by atoms with Gasteiger partial charge in [-0.3, -0.25) is 4.79 Å². The van der Waals surface area contributed by atoms with Crippen LogP contribution in [0.3, 0.4) is 0 Å². The lowest BCUT2D eigenvalue weighted by Crippen LogP contribution is -2.33. The minimum Gasteiger partial charge on any atom is -0.494 e. The van der Waals surface area contributed by atoms with E-state index < -0.39 is 5.97 Å². The van der Waals surface area contributed by atoms with Gasteiger partial charge in [-0.1, -0.05) is 13.8 Å². The van der Waals surface area contributed by atoms with Crippen molar-refractivity contribution in [2.24, 2.45) is 0 Å². The molecule has 0 unspecified atom stereocenters. The molecule has 0 radical (unpaired) electrons. The Labute approximate surface area is 220 Å². The normalized spacial score (nSPS) is 10.3. The van der Waals surface area contributed by atoms with Crippen LogP contribution < -0.4 is 14.2 Å². The first-order valence-corrected chi connectivity index (χ1v) is 13.0. The van der Waals surface area contributed by atoms with Gasteiger partial charge in [-0.2, -0.15) is 5.26 Å². The zero-order valence-corrected chi connectivity index (χ0v) is 22.2. The first-order valence-electron chi connectivity index (χ1n) is 13.0. The van der Waals surface area contributed by atoms with Crippen LogP contribution in [0.25, 0.3) is 0 Å². The first kappa shape index (κ1) is 29.5. The monoisotopic (exact) mass is 510 g/mol. The van der Waals surface area contributed by atoms with Crippen LogP contribution in [0.15, 0.2) is 42.5 Å². The van der Waals surface area contributed by atoms with Crippen molar-refractivity contribution in [1.29, 1.82) is 5.26 Å². The van der Waals surface area contributed by atoms with Crippen molar-refractivity contribution in [2.45, 2.75) is 52.9 Å². The van der Waals surface area contributed by atoms with Gasteiger partial charge in [0.2, 0.25) is 0 Å². The van der Waals surface area contributed by atoms with Crippen molar-refractivity contribution in [3.8, 4) is 23.3 Å². The highest BCUT2D eigenvalue weighted by Gasteiger charge is 2.20. The van der Waals surface area contributed by atoms with E-state index in [9.17, 15) is 9.59 Å². The molecule has 0 bridgehead atoms. The summed E-state index contributed by atoms with van der Waals surface area (Å²) in [6, 6.07) is 14.3. The third-order valence-electron chi connectivity index (χ3n) is 5.42. The molecular weight excluding hydrogens is 472 g/mol. The predicted molar refractivity (Wildman–Crippen MR) is 141 cm³/mol. The molecule has 0 spiro atoms. The molecule has 0 N–H and O–H groups in total. The van der Waals surface area contributed by atoms with Crippen molar-refractivity contribution >= 4 is 11.9 Å². The summed E-state index contributed by atoms with van der Waals surface area (Å²) in [4.78, 5) is 26.8. The number of carbonyl (C=O) groups excluding carboxylic acids is 2. The number of carbonyl (C=O) groups is 2. The summed E-state index contributed by atoms with van der Waals surface area (Å²) in [6.45, 7) is 8.16. The summed E-state index contributed by atoms with van der Waals surface area (Å²) in [5, 5.41) is 8.85. The lowest BCUT2D eigenvalue weighted by molar-refractivity contribution is -0.145. The Hall–Kier alpha value is -3.73. The van der Waals surface area contributed by atoms with E-state index in [1.807, 2.05) is 13.8 Å². The van der Waals surface area contributed by atoms with Crippen LogP contribution in [-0.4, -0.2) is 56.3 Å². The smallest absolute Gasteiger partial charge is 0.344 e. The lowest BCUT2D eigenvalue weighted by atomic mass is 10.1. The van der Waals surface area contributed by atoms with Gasteiger partial charge in [0, 0.05) is 19.2 Å². The van der Waals surface area contributed by atoms with Crippen LogP contribution in [-0.2, 0) is 9.53 Å². The number of rotatable bonds is 17. The van der Waals surface area contributed by atoms with E-state index in [0.29, 0.717) is 48.9 Å². The third-order valence-corrected chi connectivity index (χ3v) is 5.42. The SMILES string of the molecule is CCCN(CCC)C(=O)c1ccc(OCCCCCOc2ccc(C#N)cc2)cc1OCC(=O)OCC. The van der Waals surface area contributed by atoms with Gasteiger partial charge in [-0.25, -0.2) is 4.79 Å². The maximum Gasteiger partial charge on any atom is 0.344 e. The molecule has 0 saturated heterocycles. The Kier molecular flexibility index (Phi) is 13.4. The van der Waals surface area contributed by atoms with Crippen molar-refractivity contribution in [3.63, 3.8) is 0 Å². The summed E-state index contributed by atoms with van der Waals surface area (Å²) in [5.41, 5.74) is 1.01. The van der Waals surface area contributed by atoms with E-state index in [4.69, 9.17) is 24.2 Å². The van der Waals surface area contributed by atoms with Crippen molar-refractivity contribution in [3.05, 3.63) is 53.6 Å². The van der Waals surface area contributed by atoms with Gasteiger partial charge < -0.3 is 23.8 Å². The Balaban J connectivity index is 1.90. The molecule has 37 heavy (non-hydrogen) atoms. The second-order valence-corrected chi connectivity index (χ2v) is 8.44. The van der Waals surface area contributed by atoms with Crippen molar-refractivity contribution < 1.29 is 28.5 Å². The van der Waals surface area contributed by atoms with Crippen LogP contribution >= 0.6 is 0 Å². The molecular formula is C29H38N2O6. The Bertz CT molecular complexity index is 1010. The molecule has 0 aliphatic heterocycles. The maximum absolute atomic E-state index is 13.2. The number of esters is 1. The molecule has 2 rings (SSSR count). The van der Waals surface area contributed by atoms with Crippen molar-refractivity contribution in [1.82, 2.24) is 4.90 Å². The molecule has 1 amide bonds. The number of hydrogen-bond acceptors (Lipinski definition) is 7. The predicted octanol–water partition coefficient (Wildman–Crippen LogP) is 5.39. The first-order chi connectivity index (χ1) is 18.0. The summed E-state index contributed by atoms with van der Waals surface area (Å²) >= 11 is 0. The Morgan fingerprint density at radius 3 is 2.05 bits per heavy atom. The van der Waals surface area contributed by atoms with Crippen LogP contribution in [0.2, 0.25) is 0 Å². The second-order valence-electron chi connectivity index (χ2n) is 8.44. The van der Waals surface area contributed by atoms with E-state index in [1.165, 1.54) is 0 Å². The molecule has 0 aliphatic rings. The number of amides is 1. The molecule has 8 heteroatoms. The maximum atomic E-state index is 13.2. The minimum atomic E-state index is -0.491. The third kappa shape index (κ3) is 10.4. The lowest BCUT2D eigenvalue weighted by Gasteiger charge is -2.23. The topological polar surface area (TPSA) is 98.1 Å². The number of benzene rings is 2. The molecule has 0 fully saturated rings. The fourth-order valence-electron chi connectivity index (χ4n) is 3.64. The van der Waals surface area contributed by atoms with Gasteiger partial charge in [0.05, 0.1) is 37.0 Å². The van der Waals surface area contributed by atoms with Gasteiger partial charge in [0.15, 0.2) is 6.61 Å². The highest BCUT2D eigenvalue weighted by Crippen LogP contribution is 2.27. The summed E-state index contributed by atoms with van der Waals surface area (Å²) in [6.07, 6.45) is 4.32. The van der Waals surface area contributed by atoms with E-state index in [0.717, 1.165) is 37.9 Å². The molecule has 2 aromatic carbocycles. The second kappa shape index (κ2) is 16.9. The molecule has 0 aliphatic carbocycles. The standard InChI is InChI=1S/C29H38N2O6/c1-4-16-31(17-5-2)29(33)26-15-14-25(20-27(26)37-22-28(32)34-6-3)36-19-9-7-8-18-35-24-12-10-23(21-30)11-13-24/h10-15,20H,4-9,16-19,22H2,1-3H3. The molecule has 0 saturated carbocycles. The zero-order chi connectivity index (χ0) is 26.9. The summed E-state index contributed by atoms with van der Waals surface area (Å²) in [7, 11) is 0. The van der Waals surface area contributed by atoms with E-state index in [1.54, 1.807) is 54.3 Å². The molecule has 200 valence electrons. The molecule has 0 atom stereocenters. The number of hydrogen-bond donors (Lipinski definition) is 0. The number of nitrogens with zero attached hydrogens (tertiary/aromatic N) is 2. The van der Waals surface area contributed by atoms with Gasteiger partial charge in [0.1, 0.15) is 17.2 Å². The van der Waals surface area contributed by atoms with E-state index in [2.05, 4.69) is 6.07 Å². The average Bonchev–Trinajstić information content (AvgIpc) is 2.91. The van der Waals surface area contributed by atoms with Crippen LogP contribution in [0, 0.1) is 11.3 Å². The zero-order valence-electron chi connectivity index (χ0n) is 22.2. The Morgan fingerprint density at radius 1 is 0.838 bits per heavy atom. The minimum absolute atomic E-state index is 0.128. The van der Waals surface area contributed by atoms with Crippen molar-refractivity contribution in [2.75, 3.05) is 39.5 Å². The number of nitriles is 1. The van der Waals surface area contributed by atoms with Gasteiger partial charge in [-0.15, -0.1) is 0 Å².